The van der Waals surface area contributed by atoms with Crippen LogP contribution in [0.15, 0.2) is 28.8 Å². The first kappa shape index (κ1) is 15.0. The highest BCUT2D eigenvalue weighted by Crippen LogP contribution is 2.26. The number of hydrogen-bond donors (Lipinski definition) is 0. The van der Waals surface area contributed by atoms with Crippen molar-refractivity contribution in [2.75, 3.05) is 20.7 Å². The summed E-state index contributed by atoms with van der Waals surface area (Å²) < 4.78 is 10.6. The molecule has 0 saturated heterocycles. The normalized spacial score (nSPS) is 15.6. The van der Waals surface area contributed by atoms with Crippen LogP contribution < -0.4 is 4.74 Å². The number of hydrogen-bond acceptors (Lipinski definition) is 5. The van der Waals surface area contributed by atoms with E-state index in [-0.39, 0.29) is 0 Å². The molecule has 1 aromatic heterocycles. The van der Waals surface area contributed by atoms with Crippen LogP contribution in [0.2, 0.25) is 0 Å². The van der Waals surface area contributed by atoms with Gasteiger partial charge in [0.05, 0.1) is 13.7 Å². The molecule has 1 aromatic carbocycles. The summed E-state index contributed by atoms with van der Waals surface area (Å²) >= 11 is 0. The van der Waals surface area contributed by atoms with Gasteiger partial charge >= 0.3 is 0 Å². The third-order valence-corrected chi connectivity index (χ3v) is 4.25. The Hall–Kier alpha value is -1.88. The van der Waals surface area contributed by atoms with Crippen molar-refractivity contribution in [1.82, 2.24) is 15.0 Å². The number of nitrogens with zero attached hydrogens (tertiary/aromatic N) is 3. The fraction of sp³-hybridized carbons (Fsp3) is 0.529. The molecule has 1 aliphatic rings. The van der Waals surface area contributed by atoms with Crippen molar-refractivity contribution in [3.8, 4) is 17.1 Å². The molecule has 118 valence electrons. The lowest BCUT2D eigenvalue weighted by Crippen LogP contribution is -2.24. The summed E-state index contributed by atoms with van der Waals surface area (Å²) in [6.45, 7) is 1.81. The first-order valence-corrected chi connectivity index (χ1v) is 7.90. The number of rotatable bonds is 6. The summed E-state index contributed by atoms with van der Waals surface area (Å²) in [5.74, 6) is 2.90. The van der Waals surface area contributed by atoms with E-state index in [2.05, 4.69) is 22.1 Å². The summed E-state index contributed by atoms with van der Waals surface area (Å²) in [5, 5.41) is 4.08. The second kappa shape index (κ2) is 6.92. The lowest BCUT2D eigenvalue weighted by Gasteiger charge is -2.18. The van der Waals surface area contributed by atoms with Gasteiger partial charge in [0.1, 0.15) is 5.75 Å². The quantitative estimate of drug-likeness (QED) is 0.819. The molecule has 0 bridgehead atoms. The second-order valence-electron chi connectivity index (χ2n) is 6.09. The van der Waals surface area contributed by atoms with Gasteiger partial charge in [0.25, 0.3) is 0 Å². The van der Waals surface area contributed by atoms with E-state index >= 15 is 0 Å². The van der Waals surface area contributed by atoms with Gasteiger partial charge in [0.2, 0.25) is 11.7 Å². The highest BCUT2D eigenvalue weighted by Gasteiger charge is 2.18. The standard InChI is InChI=1S/C17H23N3O2/c1-20(11-13-6-3-4-7-13)12-16-18-17(19-22-16)14-8-5-9-15(10-14)21-2/h5,8-10,13H,3-4,6-7,11-12H2,1-2H3. The maximum Gasteiger partial charge on any atom is 0.241 e. The molecule has 0 radical (unpaired) electrons. The lowest BCUT2D eigenvalue weighted by molar-refractivity contribution is 0.234. The summed E-state index contributed by atoms with van der Waals surface area (Å²) in [5.41, 5.74) is 0.910. The predicted octanol–water partition coefficient (Wildman–Crippen LogP) is 3.37. The molecule has 1 saturated carbocycles. The number of benzene rings is 1. The number of aromatic nitrogens is 2. The molecular weight excluding hydrogens is 278 g/mol. The van der Waals surface area contributed by atoms with Gasteiger partial charge < -0.3 is 9.26 Å². The van der Waals surface area contributed by atoms with Crippen molar-refractivity contribution in [1.29, 1.82) is 0 Å². The second-order valence-corrected chi connectivity index (χ2v) is 6.09. The zero-order valence-corrected chi connectivity index (χ0v) is 13.3. The molecule has 3 rings (SSSR count). The minimum Gasteiger partial charge on any atom is -0.497 e. The summed E-state index contributed by atoms with van der Waals surface area (Å²) in [7, 11) is 3.77. The molecule has 0 spiro atoms. The van der Waals surface area contributed by atoms with Gasteiger partial charge in [-0.1, -0.05) is 30.1 Å². The van der Waals surface area contributed by atoms with Crippen molar-refractivity contribution in [3.05, 3.63) is 30.2 Å². The van der Waals surface area contributed by atoms with Gasteiger partial charge in [0.15, 0.2) is 0 Å². The Morgan fingerprint density at radius 2 is 2.14 bits per heavy atom. The van der Waals surface area contributed by atoms with Gasteiger partial charge in [-0.05, 0) is 37.9 Å². The van der Waals surface area contributed by atoms with E-state index < -0.39 is 0 Å². The van der Waals surface area contributed by atoms with E-state index in [1.54, 1.807) is 7.11 Å². The number of ether oxygens (including phenoxy) is 1. The topological polar surface area (TPSA) is 51.4 Å². The van der Waals surface area contributed by atoms with E-state index in [1.807, 2.05) is 24.3 Å². The van der Waals surface area contributed by atoms with E-state index in [0.29, 0.717) is 18.3 Å². The summed E-state index contributed by atoms with van der Waals surface area (Å²) in [6.07, 6.45) is 5.45. The molecule has 5 nitrogen and oxygen atoms in total. The van der Waals surface area contributed by atoms with Crippen LogP contribution >= 0.6 is 0 Å². The van der Waals surface area contributed by atoms with Crippen LogP contribution in [-0.4, -0.2) is 35.7 Å². The maximum atomic E-state index is 5.38. The van der Waals surface area contributed by atoms with E-state index in [4.69, 9.17) is 9.26 Å². The average molecular weight is 301 g/mol. The average Bonchev–Trinajstić information content (AvgIpc) is 3.19. The first-order valence-electron chi connectivity index (χ1n) is 7.90. The Morgan fingerprint density at radius 1 is 1.32 bits per heavy atom. The Bertz CT molecular complexity index is 605. The third-order valence-electron chi connectivity index (χ3n) is 4.25. The molecule has 2 aromatic rings. The third kappa shape index (κ3) is 3.65. The van der Waals surface area contributed by atoms with Gasteiger partial charge in [-0.3, -0.25) is 4.90 Å². The van der Waals surface area contributed by atoms with Crippen LogP contribution in [-0.2, 0) is 6.54 Å². The Labute approximate surface area is 131 Å². The van der Waals surface area contributed by atoms with E-state index in [0.717, 1.165) is 23.8 Å². The minimum absolute atomic E-state index is 0.614. The largest absolute Gasteiger partial charge is 0.497 e. The predicted molar refractivity (Wildman–Crippen MR) is 84.6 cm³/mol. The van der Waals surface area contributed by atoms with Crippen LogP contribution in [0.25, 0.3) is 11.4 Å². The molecule has 1 aliphatic carbocycles. The van der Waals surface area contributed by atoms with Crippen LogP contribution in [0, 0.1) is 5.92 Å². The van der Waals surface area contributed by atoms with E-state index in [1.165, 1.54) is 25.7 Å². The maximum absolute atomic E-state index is 5.38. The minimum atomic E-state index is 0.614. The Balaban J connectivity index is 1.62. The smallest absolute Gasteiger partial charge is 0.241 e. The van der Waals surface area contributed by atoms with Crippen molar-refractivity contribution in [3.63, 3.8) is 0 Å². The molecule has 0 atom stereocenters. The van der Waals surface area contributed by atoms with Gasteiger partial charge in [-0.2, -0.15) is 4.98 Å². The van der Waals surface area contributed by atoms with Gasteiger partial charge in [0, 0.05) is 12.1 Å². The highest BCUT2D eigenvalue weighted by molar-refractivity contribution is 5.56. The zero-order valence-electron chi connectivity index (χ0n) is 13.3. The Morgan fingerprint density at radius 3 is 2.91 bits per heavy atom. The highest BCUT2D eigenvalue weighted by atomic mass is 16.5. The molecule has 0 aliphatic heterocycles. The van der Waals surface area contributed by atoms with Crippen molar-refractivity contribution in [2.45, 2.75) is 32.2 Å². The van der Waals surface area contributed by atoms with Crippen LogP contribution in [0.5, 0.6) is 5.75 Å². The van der Waals surface area contributed by atoms with Crippen LogP contribution in [0.3, 0.4) is 0 Å². The lowest BCUT2D eigenvalue weighted by atomic mass is 10.1. The van der Waals surface area contributed by atoms with Crippen molar-refractivity contribution in [2.24, 2.45) is 5.92 Å². The fourth-order valence-electron chi connectivity index (χ4n) is 3.13. The SMILES string of the molecule is COc1cccc(-c2noc(CN(C)CC3CCCC3)n2)c1. The molecule has 0 N–H and O–H groups in total. The molecule has 0 unspecified atom stereocenters. The molecule has 5 heteroatoms. The molecular formula is C17H23N3O2. The summed E-state index contributed by atoms with van der Waals surface area (Å²) in [6, 6.07) is 7.70. The van der Waals surface area contributed by atoms with Crippen molar-refractivity contribution >= 4 is 0 Å². The van der Waals surface area contributed by atoms with Crippen molar-refractivity contribution < 1.29 is 9.26 Å². The van der Waals surface area contributed by atoms with Gasteiger partial charge in [-0.15, -0.1) is 0 Å². The van der Waals surface area contributed by atoms with E-state index in [9.17, 15) is 0 Å². The van der Waals surface area contributed by atoms with Gasteiger partial charge in [-0.25, -0.2) is 0 Å². The summed E-state index contributed by atoms with van der Waals surface area (Å²) in [4.78, 5) is 6.77. The van der Waals surface area contributed by atoms with Crippen LogP contribution in [0.1, 0.15) is 31.6 Å². The fourth-order valence-corrected chi connectivity index (χ4v) is 3.13. The molecule has 0 amide bonds. The van der Waals surface area contributed by atoms with Crippen LogP contribution in [0.4, 0.5) is 0 Å². The zero-order chi connectivity index (χ0) is 15.4. The number of methoxy groups -OCH3 is 1. The molecule has 1 heterocycles. The molecule has 1 fully saturated rings. The molecule has 22 heavy (non-hydrogen) atoms. The Kier molecular flexibility index (Phi) is 4.73. The first-order chi connectivity index (χ1) is 10.7. The monoisotopic (exact) mass is 301 g/mol.